The average Bonchev–Trinajstić information content (AvgIpc) is 3.94. The van der Waals surface area contributed by atoms with Crippen LogP contribution in [0.4, 0.5) is 0 Å². The van der Waals surface area contributed by atoms with E-state index < -0.39 is 5.60 Å². The molecular formula is C71H76ClKN10O5. The van der Waals surface area contributed by atoms with Gasteiger partial charge in [-0.2, -0.15) is 5.26 Å². The number of hydrogen-bond donors (Lipinski definition) is 2. The van der Waals surface area contributed by atoms with Gasteiger partial charge in [0.2, 0.25) is 0 Å². The molecule has 9 aromatic carbocycles. The average molecular weight is 1220 g/mol. The molecule has 0 unspecified atom stereocenters. The van der Waals surface area contributed by atoms with Gasteiger partial charge >= 0.3 is 51.4 Å². The maximum Gasteiger partial charge on any atom is 1.00 e. The van der Waals surface area contributed by atoms with Crippen LogP contribution in [-0.2, 0) is 46.8 Å². The minimum atomic E-state index is -0.750. The monoisotopic (exact) mass is 1220 g/mol. The topological polar surface area (TPSA) is 175 Å². The van der Waals surface area contributed by atoms with Gasteiger partial charge in [0, 0.05) is 50.1 Å². The fraction of sp³-hybridized carbons (Fsp3) is 0.225. The van der Waals surface area contributed by atoms with E-state index in [0.717, 1.165) is 52.6 Å². The number of rotatable bonds is 13. The van der Waals surface area contributed by atoms with Crippen molar-refractivity contribution in [2.75, 3.05) is 27.0 Å². The Morgan fingerprint density at radius 3 is 1.35 bits per heavy atom. The van der Waals surface area contributed by atoms with Crippen molar-refractivity contribution in [2.24, 2.45) is 0 Å². The zero-order chi connectivity index (χ0) is 61.5. The Morgan fingerprint density at radius 2 is 0.943 bits per heavy atom. The Labute approximate surface area is 564 Å². The smallest absolute Gasteiger partial charge is 0.850 e. The first kappa shape index (κ1) is 69.7. The van der Waals surface area contributed by atoms with Crippen LogP contribution in [-0.4, -0.2) is 77.7 Å². The number of aromatic nitrogens is 6. The van der Waals surface area contributed by atoms with Gasteiger partial charge in [-0.1, -0.05) is 231 Å². The van der Waals surface area contributed by atoms with E-state index in [0.29, 0.717) is 32.7 Å². The fourth-order valence-electron chi connectivity index (χ4n) is 8.68. The number of aliphatic hydroxyl groups excluding tert-OH is 1. The second kappa shape index (κ2) is 38.1. The van der Waals surface area contributed by atoms with Crippen molar-refractivity contribution < 1.29 is 75.8 Å². The van der Waals surface area contributed by atoms with E-state index in [1.807, 2.05) is 151 Å². The van der Waals surface area contributed by atoms with Crippen LogP contribution >= 0.6 is 11.6 Å². The van der Waals surface area contributed by atoms with Crippen molar-refractivity contribution in [3.05, 3.63) is 259 Å². The maximum absolute atomic E-state index is 10.1. The van der Waals surface area contributed by atoms with Gasteiger partial charge in [-0.15, -0.1) is 32.9 Å². The van der Waals surface area contributed by atoms with Gasteiger partial charge in [0.15, 0.2) is 0 Å². The number of ether oxygens (including phenoxy) is 3. The summed E-state index contributed by atoms with van der Waals surface area (Å²) in [4.78, 5) is 0. The molecule has 0 amide bonds. The molecule has 11 aromatic rings. The predicted octanol–water partition coefficient (Wildman–Crippen LogP) is 11.2. The molecule has 0 atom stereocenters. The Hall–Kier alpha value is -7.44. The number of halogens is 1. The van der Waals surface area contributed by atoms with Crippen LogP contribution in [0.2, 0.25) is 0 Å². The van der Waals surface area contributed by atoms with Gasteiger partial charge in [0.25, 0.3) is 0 Å². The van der Waals surface area contributed by atoms with Crippen LogP contribution in [0.15, 0.2) is 237 Å². The quantitative estimate of drug-likeness (QED) is 0.0825. The number of nitriles is 1. The molecule has 88 heavy (non-hydrogen) atoms. The number of alkyl halides is 1. The molecule has 0 spiro atoms. The zero-order valence-electron chi connectivity index (χ0n) is 51.1. The summed E-state index contributed by atoms with van der Waals surface area (Å²) in [6.45, 7) is 10.4. The molecule has 15 nitrogen and oxygen atoms in total. The minimum Gasteiger partial charge on any atom is -0.850 e. The molecule has 2 aliphatic rings. The van der Waals surface area contributed by atoms with Crippen molar-refractivity contribution in [3.8, 4) is 28.6 Å². The van der Waals surface area contributed by atoms with Crippen LogP contribution in [0.5, 0.6) is 0 Å². The van der Waals surface area contributed by atoms with Crippen LogP contribution in [0.25, 0.3) is 60.5 Å². The molecule has 2 N–H and O–H groups in total. The van der Waals surface area contributed by atoms with Gasteiger partial charge in [-0.25, -0.2) is 9.36 Å². The summed E-state index contributed by atoms with van der Waals surface area (Å²) in [6, 6.07) is 75.9. The van der Waals surface area contributed by atoms with Crippen LogP contribution < -0.4 is 62.0 Å². The molecule has 13 rings (SSSR count). The molecule has 0 radical (unpaired) electrons. The number of nitrogens with one attached hydrogen (secondary N) is 1. The van der Waals surface area contributed by atoms with Gasteiger partial charge < -0.3 is 24.4 Å². The summed E-state index contributed by atoms with van der Waals surface area (Å²) < 4.78 is 19.9. The molecule has 2 aromatic heterocycles. The predicted molar refractivity (Wildman–Crippen MR) is 347 cm³/mol. The first-order valence-electron chi connectivity index (χ1n) is 28.7. The Balaban J connectivity index is 0.000000180. The van der Waals surface area contributed by atoms with E-state index in [4.69, 9.17) is 36.2 Å². The number of hydrogen-bond acceptors (Lipinski definition) is 13. The summed E-state index contributed by atoms with van der Waals surface area (Å²) in [7, 11) is 2.00. The first-order valence-corrected chi connectivity index (χ1v) is 29.2. The molecule has 1 fully saturated rings. The van der Waals surface area contributed by atoms with E-state index >= 15 is 0 Å². The summed E-state index contributed by atoms with van der Waals surface area (Å²) >= 11 is 5.59. The van der Waals surface area contributed by atoms with Crippen LogP contribution in [0, 0.1) is 11.3 Å². The molecule has 2 aliphatic heterocycles. The second-order valence-electron chi connectivity index (χ2n) is 21.0. The molecule has 1 saturated heterocycles. The number of nitrogens with zero attached hydrogens (tertiary/aromatic N) is 9. The molecule has 4 heterocycles. The zero-order valence-corrected chi connectivity index (χ0v) is 54.9. The maximum atomic E-state index is 10.1. The summed E-state index contributed by atoms with van der Waals surface area (Å²) in [5.74, 6) is 0. The van der Waals surface area contributed by atoms with Crippen molar-refractivity contribution in [1.29, 1.82) is 5.26 Å². The van der Waals surface area contributed by atoms with Gasteiger partial charge in [-0.3, -0.25) is 10.0 Å². The molecule has 0 bridgehead atoms. The largest absolute Gasteiger partial charge is 1.00 e. The third-order valence-corrected chi connectivity index (χ3v) is 13.0. The van der Waals surface area contributed by atoms with Crippen molar-refractivity contribution in [1.82, 2.24) is 45.5 Å². The normalized spacial score (nSPS) is 12.1. The first-order chi connectivity index (χ1) is 42.4. The Kier molecular flexibility index (Phi) is 30.1. The van der Waals surface area contributed by atoms with Crippen molar-refractivity contribution in [3.63, 3.8) is 0 Å². The van der Waals surface area contributed by atoms with E-state index in [1.54, 1.807) is 36.2 Å². The van der Waals surface area contributed by atoms with Gasteiger partial charge in [0.1, 0.15) is 30.9 Å². The second-order valence-corrected chi connectivity index (χ2v) is 21.2. The van der Waals surface area contributed by atoms with E-state index in [1.165, 1.54) is 63.2 Å². The third-order valence-electron chi connectivity index (χ3n) is 12.8. The van der Waals surface area contributed by atoms with Crippen molar-refractivity contribution >= 4 is 49.6 Å². The number of aliphatic hydroxyl groups is 1. The SMILES string of the molecule is C1CCOC1.CC#N.CC(C)(C)[O-].CN1NN(COCc2ccc3ccccc3c2)C=C1c1ccccc1.ClCn1cc(-c2ccccc2)nn1.OCc1ccc2ccccc2c1.[K+].c1ccc(-c2cn(COCc3ccc4ccccc4c3)nn2)cc1. The van der Waals surface area contributed by atoms with Crippen LogP contribution in [0.3, 0.4) is 0 Å². The van der Waals surface area contributed by atoms with Crippen molar-refractivity contribution in [2.45, 2.75) is 78.7 Å². The summed E-state index contributed by atoms with van der Waals surface area (Å²) in [5.41, 5.74) is 11.9. The fourth-order valence-corrected chi connectivity index (χ4v) is 8.79. The van der Waals surface area contributed by atoms with E-state index in [-0.39, 0.29) is 58.0 Å². The van der Waals surface area contributed by atoms with E-state index in [2.05, 4.69) is 129 Å². The molecule has 0 saturated carbocycles. The number of fused-ring (bicyclic) bond motifs is 3. The number of hydrazine groups is 2. The minimum absolute atomic E-state index is 0. The molecular weight excluding hydrogens is 1150 g/mol. The molecule has 17 heteroatoms. The van der Waals surface area contributed by atoms with Gasteiger partial charge in [-0.05, 0) is 80.0 Å². The molecule has 448 valence electrons. The number of benzene rings is 9. The van der Waals surface area contributed by atoms with Crippen LogP contribution in [0.1, 0.15) is 62.8 Å². The van der Waals surface area contributed by atoms with Gasteiger partial charge in [0.05, 0.1) is 44.0 Å². The third kappa shape index (κ3) is 24.3. The van der Waals surface area contributed by atoms with E-state index in [9.17, 15) is 5.11 Å². The Bertz CT molecular complexity index is 3820. The Morgan fingerprint density at radius 1 is 0.568 bits per heavy atom. The molecule has 0 aliphatic carbocycles. The summed E-state index contributed by atoms with van der Waals surface area (Å²) in [6.07, 6.45) is 8.34. The summed E-state index contributed by atoms with van der Waals surface area (Å²) in [5, 5.41) is 53.8. The standard InChI is InChI=1S/C21H21N3O.C20H17N3O.C11H10O.C9H8ClN3.C4H8O.C4H9O.C2H3N.K/c1-23-21(19-8-3-2-4-9-19)14-24(22-23)16-25-15-17-11-12-18-7-5-6-10-20(18)13-17;1-2-7-18(8-3-1)20-13-23(22-21-20)15-24-14-16-10-11-17-6-4-5-9-19(17)12-16;12-8-9-5-6-10-3-1-2-4-11(10)7-9;10-7-13-6-9(11-12-13)8-4-2-1-3-5-8;1-2-4-5-3-1;1-4(2,3)5;1-2-3;/h2-14,22H,15-16H2,1H3;1-13H,14-15H2;1-7,12H,8H2;1-6H,7H2;1-4H2;1-3H3;1H3;/q;;;;;-1;;+1.